The van der Waals surface area contributed by atoms with E-state index in [-0.39, 0.29) is 133 Å². The van der Waals surface area contributed by atoms with Gasteiger partial charge in [-0.2, -0.15) is 0 Å². The Kier molecular flexibility index (Phi) is 45.8. The summed E-state index contributed by atoms with van der Waals surface area (Å²) in [5.41, 5.74) is 0. The van der Waals surface area contributed by atoms with Crippen molar-refractivity contribution in [3.05, 3.63) is 0 Å². The topological polar surface area (TPSA) is 463 Å². The van der Waals surface area contributed by atoms with Crippen LogP contribution in [-0.2, 0) is 128 Å². The monoisotopic (exact) mass is 1420 g/mol. The Morgan fingerprint density at radius 3 is 0.885 bits per heavy atom. The standard InChI is InChI=1S/C58H90N4O30P2.CH4.Na/c1-59-45(64)22-14-6-2-9-17-25-54(73)88-43(38-82-52(71)23-15-7-3-11-19-27-56(75)90-60-46(65)30-31-47(60)66)40-86-93(78,79)84-36-42(63)37-85-94(80,81)87-41-44(89-55(74)26-18-10-5-13-21-29-58(77)92-62-50(69)34-35-51(62)70)39-83-53(72)24-16-8-4-12-20-28-57(76)91-61-48(67)32-33-49(61)68;;/h42-44,63H,2-41H2,1H3,(H,59,64)(H,78,79)(H,80,81);1H4;/q;;+1/p-2/t42?,43-,44-;;/m1../s1. The molecule has 0 aromatic heterocycles. The number of aliphatic hydroxyl groups excluding tert-OH is 1. The maximum atomic E-state index is 12.9. The van der Waals surface area contributed by atoms with E-state index >= 15 is 0 Å². The van der Waals surface area contributed by atoms with Crippen molar-refractivity contribution in [2.45, 2.75) is 244 Å². The summed E-state index contributed by atoms with van der Waals surface area (Å²) < 4.78 is 66.0. The van der Waals surface area contributed by atoms with Gasteiger partial charge in [0, 0.05) is 96.9 Å². The Morgan fingerprint density at radius 2 is 0.615 bits per heavy atom. The van der Waals surface area contributed by atoms with Crippen LogP contribution in [0.4, 0.5) is 0 Å². The summed E-state index contributed by atoms with van der Waals surface area (Å²) in [6.45, 7) is -5.49. The second kappa shape index (κ2) is 49.8. The third-order valence-corrected chi connectivity index (χ3v) is 16.0. The number of unbranched alkanes of at least 4 members (excludes halogenated alkanes) is 16. The van der Waals surface area contributed by atoms with Crippen molar-refractivity contribution < 1.29 is 172 Å². The predicted octanol–water partition coefficient (Wildman–Crippen LogP) is 1.39. The number of phosphoric acid groups is 2. The third kappa shape index (κ3) is 40.3. The molecule has 34 nitrogen and oxygen atoms in total. The van der Waals surface area contributed by atoms with Gasteiger partial charge in [0.1, 0.15) is 19.3 Å². The minimum atomic E-state index is -5.41. The van der Waals surface area contributed by atoms with Crippen molar-refractivity contribution in [3.8, 4) is 0 Å². The first-order valence-corrected chi connectivity index (χ1v) is 34.7. The molecule has 3 aliphatic rings. The van der Waals surface area contributed by atoms with Gasteiger partial charge in [-0.15, -0.1) is 15.2 Å². The van der Waals surface area contributed by atoms with E-state index in [0.29, 0.717) is 137 Å². The van der Waals surface area contributed by atoms with Crippen LogP contribution in [-0.4, -0.2) is 168 Å². The quantitative estimate of drug-likeness (QED) is 0.0217. The predicted molar refractivity (Wildman–Crippen MR) is 318 cm³/mol. The average molecular weight is 1420 g/mol. The van der Waals surface area contributed by atoms with Crippen LogP contribution in [0.1, 0.15) is 226 Å². The summed E-state index contributed by atoms with van der Waals surface area (Å²) in [5.74, 6) is -9.02. The van der Waals surface area contributed by atoms with Gasteiger partial charge in [-0.25, -0.2) is 14.4 Å². The van der Waals surface area contributed by atoms with Gasteiger partial charge in [0.15, 0.2) is 12.2 Å². The Balaban J connectivity index is 0.0000230. The molecular formula is C59H92N4NaO30P2-. The van der Waals surface area contributed by atoms with E-state index in [1.807, 2.05) is 0 Å². The fourth-order valence-electron chi connectivity index (χ4n) is 8.90. The zero-order valence-corrected chi connectivity index (χ0v) is 57.8. The summed E-state index contributed by atoms with van der Waals surface area (Å²) in [6, 6.07) is 0. The molecule has 3 saturated heterocycles. The number of rotatable bonds is 53. The van der Waals surface area contributed by atoms with Gasteiger partial charge in [-0.1, -0.05) is 84.5 Å². The number of imide groups is 3. The van der Waals surface area contributed by atoms with Crippen LogP contribution in [0.3, 0.4) is 0 Å². The molecule has 3 heterocycles. The van der Waals surface area contributed by atoms with Gasteiger partial charge < -0.3 is 71.8 Å². The molecule has 0 radical (unpaired) electrons. The third-order valence-electron chi connectivity index (χ3n) is 14.1. The Hall–Kier alpha value is -5.64. The summed E-state index contributed by atoms with van der Waals surface area (Å²) in [5, 5.41) is 14.4. The molecule has 540 valence electrons. The molecule has 0 bridgehead atoms. The molecule has 5 atom stereocenters. The van der Waals surface area contributed by atoms with E-state index in [1.54, 1.807) is 0 Å². The SMILES string of the molecule is C.CNC(=O)CCCCCCCC(=O)O[C@H](COC(=O)CCCCCCCC(=O)ON1C(=O)CCC1=O)COP(=O)([O-])OCC(O)COP(=O)([O-])OC[C@@H](COC(=O)CCCCCCCC(=O)ON1C(=O)CCC1=O)OC(=O)CCCCCCCC(=O)ON1C(=O)CCC1=O.[Na+]. The van der Waals surface area contributed by atoms with Crippen molar-refractivity contribution in [2.24, 2.45) is 0 Å². The molecule has 0 saturated carbocycles. The van der Waals surface area contributed by atoms with Crippen molar-refractivity contribution >= 4 is 98.8 Å². The van der Waals surface area contributed by atoms with E-state index in [4.69, 9.17) is 51.6 Å². The normalized spacial score (nSPS) is 15.9. The van der Waals surface area contributed by atoms with Gasteiger partial charge in [0.05, 0.1) is 26.4 Å². The first-order valence-electron chi connectivity index (χ1n) is 31.7. The Bertz CT molecular complexity index is 2600. The van der Waals surface area contributed by atoms with E-state index < -0.39 is 151 Å². The number of ether oxygens (including phenoxy) is 4. The number of carbonyl (C=O) groups excluding carboxylic acids is 14. The van der Waals surface area contributed by atoms with Crippen molar-refractivity contribution in [2.75, 3.05) is 46.7 Å². The number of nitrogens with one attached hydrogen (secondary N) is 1. The number of amides is 7. The molecule has 0 spiro atoms. The Labute approximate surface area is 579 Å². The zero-order valence-electron chi connectivity index (χ0n) is 54.0. The maximum absolute atomic E-state index is 12.9. The largest absolute Gasteiger partial charge is 1.00 e. The molecule has 3 fully saturated rings. The van der Waals surface area contributed by atoms with Gasteiger partial charge in [-0.05, 0) is 51.4 Å². The molecule has 96 heavy (non-hydrogen) atoms. The van der Waals surface area contributed by atoms with Crippen LogP contribution in [0.15, 0.2) is 0 Å². The molecule has 0 aromatic carbocycles. The van der Waals surface area contributed by atoms with Gasteiger partial charge in [-0.3, -0.25) is 61.9 Å². The molecule has 3 unspecified atom stereocenters. The number of hydroxylamine groups is 6. The average Bonchev–Trinajstić information content (AvgIpc) is 1.79. The maximum Gasteiger partial charge on any atom is 1.00 e. The van der Waals surface area contributed by atoms with Crippen molar-refractivity contribution in [3.63, 3.8) is 0 Å². The minimum absolute atomic E-state index is 0. The Morgan fingerprint density at radius 1 is 0.385 bits per heavy atom. The van der Waals surface area contributed by atoms with Crippen LogP contribution in [0, 0.1) is 0 Å². The van der Waals surface area contributed by atoms with Gasteiger partial charge in [0.25, 0.3) is 51.1 Å². The smallest absolute Gasteiger partial charge is 0.756 e. The molecule has 2 N–H and O–H groups in total. The zero-order chi connectivity index (χ0) is 69.3. The molecule has 0 aromatic rings. The molecule has 7 amide bonds. The number of aliphatic hydroxyl groups is 1. The summed E-state index contributed by atoms with van der Waals surface area (Å²) in [4.78, 5) is 209. The van der Waals surface area contributed by atoms with E-state index in [2.05, 4.69) is 5.32 Å². The van der Waals surface area contributed by atoms with Crippen molar-refractivity contribution in [1.82, 2.24) is 20.5 Å². The van der Waals surface area contributed by atoms with E-state index in [1.165, 1.54) is 7.05 Å². The summed E-state index contributed by atoms with van der Waals surface area (Å²) in [6.07, 6.45) is 4.49. The van der Waals surface area contributed by atoms with E-state index in [9.17, 15) is 91.1 Å². The molecule has 3 rings (SSSR count). The molecule has 37 heteroatoms. The molecule has 3 aliphatic heterocycles. The number of hydrogen-bond acceptors (Lipinski definition) is 30. The van der Waals surface area contributed by atoms with Crippen molar-refractivity contribution in [1.29, 1.82) is 0 Å². The second-order valence-corrected chi connectivity index (χ2v) is 25.0. The van der Waals surface area contributed by atoms with Crippen LogP contribution in [0.25, 0.3) is 0 Å². The fourth-order valence-corrected chi connectivity index (χ4v) is 10.5. The van der Waals surface area contributed by atoms with Crippen LogP contribution >= 0.6 is 15.6 Å². The molecule has 0 aliphatic carbocycles. The number of nitrogens with zero attached hydrogens (tertiary/aromatic N) is 3. The van der Waals surface area contributed by atoms with Crippen LogP contribution in [0.5, 0.6) is 0 Å². The first-order chi connectivity index (χ1) is 44.8. The second-order valence-electron chi connectivity index (χ2n) is 22.2. The number of hydrogen-bond donors (Lipinski definition) is 2. The molecular weight excluding hydrogens is 1330 g/mol. The van der Waals surface area contributed by atoms with Gasteiger partial charge >= 0.3 is 71.3 Å². The summed E-state index contributed by atoms with van der Waals surface area (Å²) >= 11 is 0. The van der Waals surface area contributed by atoms with Gasteiger partial charge in [0.2, 0.25) is 5.91 Å². The van der Waals surface area contributed by atoms with Crippen LogP contribution < -0.4 is 44.7 Å². The first kappa shape index (κ1) is 88.4. The summed E-state index contributed by atoms with van der Waals surface area (Å²) in [7, 11) is -9.27. The van der Waals surface area contributed by atoms with Crippen LogP contribution in [0.2, 0.25) is 0 Å². The fraction of sp³-hybridized carbons (Fsp3) is 0.763. The number of carbonyl (C=O) groups is 14. The number of esters is 4. The number of phosphoric ester groups is 2. The minimum Gasteiger partial charge on any atom is -0.756 e. The van der Waals surface area contributed by atoms with E-state index in [0.717, 1.165) is 6.42 Å².